The Morgan fingerprint density at radius 3 is 1.89 bits per heavy atom. The molecule has 2 nitrogen and oxygen atoms in total. The molecule has 0 aromatic heterocycles. The van der Waals surface area contributed by atoms with Gasteiger partial charge in [-0.25, -0.2) is 0 Å². The zero-order valence-corrected chi connectivity index (χ0v) is 12.9. The van der Waals surface area contributed by atoms with E-state index >= 15 is 0 Å². The van der Waals surface area contributed by atoms with E-state index in [1.54, 1.807) is 0 Å². The van der Waals surface area contributed by atoms with E-state index < -0.39 is 0 Å². The van der Waals surface area contributed by atoms with Crippen LogP contribution < -0.4 is 5.32 Å². The zero-order valence-electron chi connectivity index (χ0n) is 12.9. The average Bonchev–Trinajstić information content (AvgIpc) is 2.55. The van der Waals surface area contributed by atoms with Crippen LogP contribution in [0, 0.1) is 17.8 Å². The fourth-order valence-electron chi connectivity index (χ4n) is 4.24. The van der Waals surface area contributed by atoms with Gasteiger partial charge in [-0.15, -0.1) is 0 Å². The van der Waals surface area contributed by atoms with E-state index in [9.17, 15) is 0 Å². The zero-order chi connectivity index (χ0) is 13.3. The molecule has 2 bridgehead atoms. The van der Waals surface area contributed by atoms with Crippen LogP contribution >= 0.6 is 0 Å². The first-order chi connectivity index (χ1) is 8.52. The van der Waals surface area contributed by atoms with Gasteiger partial charge >= 0.3 is 0 Å². The highest BCUT2D eigenvalue weighted by molar-refractivity contribution is 4.98. The van der Waals surface area contributed by atoms with Gasteiger partial charge in [-0.05, 0) is 50.5 Å². The Bertz CT molecular complexity index is 240. The Morgan fingerprint density at radius 1 is 1.00 bits per heavy atom. The number of piperidine rings is 1. The molecular formula is C16H32N2. The summed E-state index contributed by atoms with van der Waals surface area (Å²) in [5, 5.41) is 3.50. The molecular weight excluding hydrogens is 220 g/mol. The molecule has 2 rings (SSSR count). The van der Waals surface area contributed by atoms with Gasteiger partial charge in [0.2, 0.25) is 0 Å². The fourth-order valence-corrected chi connectivity index (χ4v) is 4.24. The number of hydrogen-bond donors (Lipinski definition) is 1. The van der Waals surface area contributed by atoms with Crippen molar-refractivity contribution in [1.82, 2.24) is 10.2 Å². The lowest BCUT2D eigenvalue weighted by atomic mass is 9.84. The molecule has 0 aromatic rings. The Morgan fingerprint density at radius 2 is 1.50 bits per heavy atom. The van der Waals surface area contributed by atoms with Gasteiger partial charge in [0.25, 0.3) is 0 Å². The van der Waals surface area contributed by atoms with E-state index in [0.29, 0.717) is 0 Å². The highest BCUT2D eigenvalue weighted by atomic mass is 15.2. The van der Waals surface area contributed by atoms with Crippen molar-refractivity contribution in [2.45, 2.75) is 71.5 Å². The van der Waals surface area contributed by atoms with Crippen LogP contribution in [0.3, 0.4) is 0 Å². The average molecular weight is 252 g/mol. The van der Waals surface area contributed by atoms with E-state index in [4.69, 9.17) is 0 Å². The van der Waals surface area contributed by atoms with E-state index in [1.807, 2.05) is 0 Å². The molecule has 2 atom stereocenters. The monoisotopic (exact) mass is 252 g/mol. The van der Waals surface area contributed by atoms with E-state index in [0.717, 1.165) is 35.9 Å². The molecule has 2 heteroatoms. The molecule has 0 spiro atoms. The van der Waals surface area contributed by atoms with Crippen LogP contribution in [0.1, 0.15) is 53.4 Å². The molecule has 0 aromatic carbocycles. The van der Waals surface area contributed by atoms with Crippen LogP contribution in [0.4, 0.5) is 0 Å². The lowest BCUT2D eigenvalue weighted by molar-refractivity contribution is 0.0753. The van der Waals surface area contributed by atoms with Crippen molar-refractivity contribution in [2.75, 3.05) is 13.6 Å². The van der Waals surface area contributed by atoms with Crippen molar-refractivity contribution in [1.29, 1.82) is 0 Å². The van der Waals surface area contributed by atoms with E-state index in [-0.39, 0.29) is 0 Å². The highest BCUT2D eigenvalue weighted by Gasteiger charge is 2.41. The second-order valence-electron chi connectivity index (χ2n) is 7.19. The SMILES string of the molecule is CNC1CC2CCC(C1)N2CC(C(C)C)C(C)C. The second kappa shape index (κ2) is 5.92. The number of fused-ring (bicyclic) bond motifs is 2. The minimum atomic E-state index is 0.773. The minimum absolute atomic E-state index is 0.773. The third kappa shape index (κ3) is 2.91. The van der Waals surface area contributed by atoms with Gasteiger partial charge in [0.1, 0.15) is 0 Å². The lowest BCUT2D eigenvalue weighted by Crippen LogP contribution is -2.50. The van der Waals surface area contributed by atoms with Gasteiger partial charge in [0, 0.05) is 24.7 Å². The molecule has 1 N–H and O–H groups in total. The van der Waals surface area contributed by atoms with Crippen molar-refractivity contribution in [3.8, 4) is 0 Å². The van der Waals surface area contributed by atoms with Crippen molar-refractivity contribution < 1.29 is 0 Å². The first-order valence-electron chi connectivity index (χ1n) is 7.96. The van der Waals surface area contributed by atoms with Gasteiger partial charge in [-0.3, -0.25) is 4.90 Å². The largest absolute Gasteiger partial charge is 0.317 e. The molecule has 2 heterocycles. The van der Waals surface area contributed by atoms with Crippen molar-refractivity contribution in [3.05, 3.63) is 0 Å². The highest BCUT2D eigenvalue weighted by Crippen LogP contribution is 2.37. The first kappa shape index (κ1) is 14.3. The summed E-state index contributed by atoms with van der Waals surface area (Å²) in [6, 6.07) is 2.50. The Balaban J connectivity index is 1.98. The number of rotatable bonds is 5. The number of nitrogens with one attached hydrogen (secondary N) is 1. The van der Waals surface area contributed by atoms with Crippen LogP contribution in [0.25, 0.3) is 0 Å². The van der Waals surface area contributed by atoms with Crippen LogP contribution in [-0.2, 0) is 0 Å². The second-order valence-corrected chi connectivity index (χ2v) is 7.19. The first-order valence-corrected chi connectivity index (χ1v) is 7.96. The van der Waals surface area contributed by atoms with E-state index in [2.05, 4.69) is 45.0 Å². The van der Waals surface area contributed by atoms with Gasteiger partial charge in [-0.1, -0.05) is 27.7 Å². The Labute approximate surface area is 114 Å². The Hall–Kier alpha value is -0.0800. The molecule has 0 amide bonds. The number of nitrogens with zero attached hydrogens (tertiary/aromatic N) is 1. The third-order valence-corrected chi connectivity index (χ3v) is 5.43. The number of hydrogen-bond acceptors (Lipinski definition) is 2. The van der Waals surface area contributed by atoms with Crippen molar-refractivity contribution >= 4 is 0 Å². The molecule has 18 heavy (non-hydrogen) atoms. The molecule has 0 aliphatic carbocycles. The summed E-state index contributed by atoms with van der Waals surface area (Å²) >= 11 is 0. The normalized spacial score (nSPS) is 33.0. The van der Waals surface area contributed by atoms with E-state index in [1.165, 1.54) is 32.2 Å². The summed E-state index contributed by atoms with van der Waals surface area (Å²) in [4.78, 5) is 2.86. The molecule has 0 saturated carbocycles. The van der Waals surface area contributed by atoms with Gasteiger partial charge in [-0.2, -0.15) is 0 Å². The molecule has 0 radical (unpaired) electrons. The molecule has 2 aliphatic rings. The lowest BCUT2D eigenvalue weighted by Gasteiger charge is -2.42. The van der Waals surface area contributed by atoms with Gasteiger partial charge < -0.3 is 5.32 Å². The predicted octanol–water partition coefficient (Wildman–Crippen LogP) is 3.13. The smallest absolute Gasteiger partial charge is 0.0114 e. The molecule has 2 aliphatic heterocycles. The summed E-state index contributed by atoms with van der Waals surface area (Å²) in [6.45, 7) is 10.9. The summed E-state index contributed by atoms with van der Waals surface area (Å²) in [6.07, 6.45) is 5.61. The molecule has 2 unspecified atom stereocenters. The summed E-state index contributed by atoms with van der Waals surface area (Å²) in [7, 11) is 2.13. The summed E-state index contributed by atoms with van der Waals surface area (Å²) in [5.41, 5.74) is 0. The summed E-state index contributed by atoms with van der Waals surface area (Å²) < 4.78 is 0. The Kier molecular flexibility index (Phi) is 4.71. The van der Waals surface area contributed by atoms with Gasteiger partial charge in [0.15, 0.2) is 0 Å². The topological polar surface area (TPSA) is 15.3 Å². The van der Waals surface area contributed by atoms with Crippen LogP contribution in [0.2, 0.25) is 0 Å². The van der Waals surface area contributed by atoms with Crippen molar-refractivity contribution in [3.63, 3.8) is 0 Å². The molecule has 2 saturated heterocycles. The van der Waals surface area contributed by atoms with Crippen molar-refractivity contribution in [2.24, 2.45) is 17.8 Å². The van der Waals surface area contributed by atoms with Crippen LogP contribution in [-0.4, -0.2) is 36.6 Å². The minimum Gasteiger partial charge on any atom is -0.317 e. The molecule has 2 fully saturated rings. The predicted molar refractivity (Wildman–Crippen MR) is 78.8 cm³/mol. The maximum Gasteiger partial charge on any atom is 0.0114 e. The van der Waals surface area contributed by atoms with Gasteiger partial charge in [0.05, 0.1) is 0 Å². The summed E-state index contributed by atoms with van der Waals surface area (Å²) in [5.74, 6) is 2.48. The third-order valence-electron chi connectivity index (χ3n) is 5.43. The molecule has 106 valence electrons. The van der Waals surface area contributed by atoms with Crippen LogP contribution in [0.15, 0.2) is 0 Å². The fraction of sp³-hybridized carbons (Fsp3) is 1.00. The maximum atomic E-state index is 3.50. The standard InChI is InChI=1S/C16H32N2/c1-11(2)16(12(3)4)10-18-14-6-7-15(18)9-13(8-14)17-5/h11-17H,6-10H2,1-5H3. The van der Waals surface area contributed by atoms with Crippen LogP contribution in [0.5, 0.6) is 0 Å². The quantitative estimate of drug-likeness (QED) is 0.809. The maximum absolute atomic E-state index is 3.50.